The van der Waals surface area contributed by atoms with Crippen LogP contribution >= 0.6 is 0 Å². The normalized spacial score (nSPS) is 44.2. The van der Waals surface area contributed by atoms with Crippen molar-refractivity contribution in [2.24, 2.45) is 23.0 Å². The minimum absolute atomic E-state index is 0.383. The van der Waals surface area contributed by atoms with Gasteiger partial charge in [0.05, 0.1) is 0 Å². The summed E-state index contributed by atoms with van der Waals surface area (Å²) in [5.41, 5.74) is 6.67. The maximum Gasteiger partial charge on any atom is 0.00698 e. The maximum atomic E-state index is 6.29. The zero-order valence-electron chi connectivity index (χ0n) is 13.7. The van der Waals surface area contributed by atoms with E-state index in [4.69, 9.17) is 5.73 Å². The fraction of sp³-hybridized carbons (Fsp3) is 1.00. The summed E-state index contributed by atoms with van der Waals surface area (Å²) in [6, 6.07) is 1.94. The van der Waals surface area contributed by atoms with Crippen LogP contribution < -0.4 is 5.73 Å². The van der Waals surface area contributed by atoms with Gasteiger partial charge < -0.3 is 5.73 Å². The summed E-state index contributed by atoms with van der Waals surface area (Å²) >= 11 is 0. The van der Waals surface area contributed by atoms with Crippen molar-refractivity contribution in [2.75, 3.05) is 6.54 Å². The van der Waals surface area contributed by atoms with Crippen LogP contribution in [0.1, 0.15) is 66.7 Å². The van der Waals surface area contributed by atoms with Crippen molar-refractivity contribution < 1.29 is 0 Å². The molecule has 112 valence electrons. The molecule has 2 heteroatoms. The topological polar surface area (TPSA) is 29.3 Å². The Labute approximate surface area is 120 Å². The van der Waals surface area contributed by atoms with Crippen molar-refractivity contribution in [3.8, 4) is 0 Å². The van der Waals surface area contributed by atoms with E-state index in [1.54, 1.807) is 0 Å². The Morgan fingerprint density at radius 3 is 2.16 bits per heavy atom. The standard InChI is InChI=1S/C17H34N2/c1-12-7-6-8-13(2)19(12)11-15-9-10-16(18)14(3)17(15,4)5/h12-16H,6-11,18H2,1-5H3/t12-,13+,14?,15?,16?. The molecule has 0 amide bonds. The van der Waals surface area contributed by atoms with Gasteiger partial charge in [0.2, 0.25) is 0 Å². The van der Waals surface area contributed by atoms with Gasteiger partial charge in [-0.2, -0.15) is 0 Å². The van der Waals surface area contributed by atoms with Gasteiger partial charge in [0.25, 0.3) is 0 Å². The molecule has 0 aromatic carbocycles. The van der Waals surface area contributed by atoms with Crippen LogP contribution in [0.3, 0.4) is 0 Å². The largest absolute Gasteiger partial charge is 0.327 e. The molecule has 1 aliphatic heterocycles. The smallest absolute Gasteiger partial charge is 0.00698 e. The molecule has 0 aromatic rings. The third-order valence-corrected chi connectivity index (χ3v) is 6.52. The van der Waals surface area contributed by atoms with Crippen LogP contribution in [-0.2, 0) is 0 Å². The molecule has 2 fully saturated rings. The highest BCUT2D eigenvalue weighted by molar-refractivity contribution is 4.95. The van der Waals surface area contributed by atoms with Gasteiger partial charge in [0.15, 0.2) is 0 Å². The van der Waals surface area contributed by atoms with Crippen LogP contribution in [0.4, 0.5) is 0 Å². The molecule has 0 radical (unpaired) electrons. The van der Waals surface area contributed by atoms with E-state index in [2.05, 4.69) is 39.5 Å². The molecule has 0 aromatic heterocycles. The first-order chi connectivity index (χ1) is 8.84. The highest BCUT2D eigenvalue weighted by Crippen LogP contribution is 2.45. The maximum absolute atomic E-state index is 6.29. The van der Waals surface area contributed by atoms with Crippen molar-refractivity contribution >= 4 is 0 Å². The number of piperidine rings is 1. The van der Waals surface area contributed by atoms with Crippen LogP contribution in [0.15, 0.2) is 0 Å². The number of hydrogen-bond acceptors (Lipinski definition) is 2. The molecular formula is C17H34N2. The van der Waals surface area contributed by atoms with Gasteiger partial charge >= 0.3 is 0 Å². The van der Waals surface area contributed by atoms with Crippen LogP contribution in [0.2, 0.25) is 0 Å². The molecule has 1 saturated carbocycles. The predicted octanol–water partition coefficient (Wildman–Crippen LogP) is 3.65. The number of nitrogens with zero attached hydrogens (tertiary/aromatic N) is 1. The molecule has 19 heavy (non-hydrogen) atoms. The lowest BCUT2D eigenvalue weighted by Gasteiger charge is -2.50. The van der Waals surface area contributed by atoms with Gasteiger partial charge in [0.1, 0.15) is 0 Å². The molecular weight excluding hydrogens is 232 g/mol. The second-order valence-corrected chi connectivity index (χ2v) is 7.87. The molecule has 2 aliphatic rings. The second-order valence-electron chi connectivity index (χ2n) is 7.87. The summed E-state index contributed by atoms with van der Waals surface area (Å²) in [5, 5.41) is 0. The van der Waals surface area contributed by atoms with Gasteiger partial charge in [-0.05, 0) is 56.8 Å². The van der Waals surface area contributed by atoms with Gasteiger partial charge in [-0.3, -0.25) is 4.90 Å². The minimum Gasteiger partial charge on any atom is -0.327 e. The second kappa shape index (κ2) is 5.73. The van der Waals surface area contributed by atoms with Crippen molar-refractivity contribution in [3.63, 3.8) is 0 Å². The van der Waals surface area contributed by atoms with Crippen molar-refractivity contribution in [2.45, 2.75) is 84.8 Å². The highest BCUT2D eigenvalue weighted by Gasteiger charge is 2.43. The van der Waals surface area contributed by atoms with Crippen LogP contribution in [-0.4, -0.2) is 29.6 Å². The summed E-state index contributed by atoms with van der Waals surface area (Å²) < 4.78 is 0. The first-order valence-corrected chi connectivity index (χ1v) is 8.35. The van der Waals surface area contributed by atoms with E-state index >= 15 is 0 Å². The van der Waals surface area contributed by atoms with Crippen molar-refractivity contribution in [3.05, 3.63) is 0 Å². The molecule has 5 atom stereocenters. The Balaban J connectivity index is 2.05. The first kappa shape index (κ1) is 15.3. The number of rotatable bonds is 2. The Hall–Kier alpha value is -0.0800. The number of hydrogen-bond donors (Lipinski definition) is 1. The Morgan fingerprint density at radius 1 is 1.00 bits per heavy atom. The summed E-state index contributed by atoms with van der Waals surface area (Å²) in [5.74, 6) is 1.45. The average molecular weight is 266 g/mol. The van der Waals surface area contributed by atoms with Crippen LogP contribution in [0.25, 0.3) is 0 Å². The van der Waals surface area contributed by atoms with E-state index in [9.17, 15) is 0 Å². The van der Waals surface area contributed by atoms with E-state index in [0.717, 1.165) is 18.0 Å². The highest BCUT2D eigenvalue weighted by atomic mass is 15.2. The molecule has 0 bridgehead atoms. The number of likely N-dealkylation sites (tertiary alicyclic amines) is 1. The molecule has 2 nitrogen and oxygen atoms in total. The third kappa shape index (κ3) is 3.00. The van der Waals surface area contributed by atoms with Crippen LogP contribution in [0.5, 0.6) is 0 Å². The average Bonchev–Trinajstić information content (AvgIpc) is 2.34. The van der Waals surface area contributed by atoms with Gasteiger partial charge in [-0.25, -0.2) is 0 Å². The predicted molar refractivity (Wildman–Crippen MR) is 83.1 cm³/mol. The molecule has 1 aliphatic carbocycles. The van der Waals surface area contributed by atoms with E-state index in [1.165, 1.54) is 38.6 Å². The molecule has 1 heterocycles. The molecule has 1 saturated heterocycles. The van der Waals surface area contributed by atoms with E-state index in [-0.39, 0.29) is 0 Å². The molecule has 3 unspecified atom stereocenters. The molecule has 2 N–H and O–H groups in total. The summed E-state index contributed by atoms with van der Waals surface area (Å²) in [6.07, 6.45) is 6.70. The first-order valence-electron chi connectivity index (χ1n) is 8.35. The monoisotopic (exact) mass is 266 g/mol. The lowest BCUT2D eigenvalue weighted by molar-refractivity contribution is -0.00238. The fourth-order valence-corrected chi connectivity index (χ4v) is 4.35. The zero-order valence-corrected chi connectivity index (χ0v) is 13.7. The Bertz CT molecular complexity index is 290. The summed E-state index contributed by atoms with van der Waals surface area (Å²) in [4.78, 5) is 2.78. The summed E-state index contributed by atoms with van der Waals surface area (Å²) in [7, 11) is 0. The lowest BCUT2D eigenvalue weighted by atomic mass is 9.61. The number of nitrogens with two attached hydrogens (primary N) is 1. The van der Waals surface area contributed by atoms with E-state index in [0.29, 0.717) is 17.4 Å². The van der Waals surface area contributed by atoms with Crippen molar-refractivity contribution in [1.29, 1.82) is 0 Å². The molecule has 2 rings (SSSR count). The Kier molecular flexibility index (Phi) is 4.62. The Morgan fingerprint density at radius 2 is 1.58 bits per heavy atom. The van der Waals surface area contributed by atoms with Gasteiger partial charge in [-0.1, -0.05) is 27.2 Å². The minimum atomic E-state index is 0.383. The zero-order chi connectivity index (χ0) is 14.2. The van der Waals surface area contributed by atoms with Gasteiger partial charge in [-0.15, -0.1) is 0 Å². The van der Waals surface area contributed by atoms with E-state index < -0.39 is 0 Å². The SMILES string of the molecule is CC1C(N)CCC(CN2[C@H](C)CCC[C@@H]2C)C1(C)C. The van der Waals surface area contributed by atoms with Gasteiger partial charge in [0, 0.05) is 24.7 Å². The third-order valence-electron chi connectivity index (χ3n) is 6.52. The summed E-state index contributed by atoms with van der Waals surface area (Å²) in [6.45, 7) is 13.4. The van der Waals surface area contributed by atoms with Crippen LogP contribution in [0, 0.1) is 17.3 Å². The molecule has 0 spiro atoms. The van der Waals surface area contributed by atoms with Crippen molar-refractivity contribution in [1.82, 2.24) is 4.90 Å². The van der Waals surface area contributed by atoms with E-state index in [1.807, 2.05) is 0 Å². The fourth-order valence-electron chi connectivity index (χ4n) is 4.35. The quantitative estimate of drug-likeness (QED) is 0.826. The lowest BCUT2D eigenvalue weighted by Crippen LogP contribution is -2.53.